The first kappa shape index (κ1) is 14.7. The fourth-order valence-corrected chi connectivity index (χ4v) is 2.73. The predicted molar refractivity (Wildman–Crippen MR) is 60.7 cm³/mol. The highest BCUT2D eigenvalue weighted by Gasteiger charge is 2.32. The van der Waals surface area contributed by atoms with E-state index in [0.29, 0.717) is 0 Å². The summed E-state index contributed by atoms with van der Waals surface area (Å²) in [4.78, 5) is 13.0. The van der Waals surface area contributed by atoms with Gasteiger partial charge in [-0.25, -0.2) is 8.42 Å². The molecule has 2 N–H and O–H groups in total. The highest BCUT2D eigenvalue weighted by molar-refractivity contribution is 7.92. The molecule has 0 saturated carbocycles. The molecule has 0 aliphatic carbocycles. The quantitative estimate of drug-likeness (QED) is 0.680. The normalized spacial score (nSPS) is 26.6. The van der Waals surface area contributed by atoms with Crippen molar-refractivity contribution in [3.63, 3.8) is 0 Å². The molecule has 15 heavy (non-hydrogen) atoms. The molecule has 7 heteroatoms. The second-order valence-electron chi connectivity index (χ2n) is 3.75. The molecular formula is C8H17ClN2O3S. The molecule has 2 atom stereocenters. The number of hydrogen-bond acceptors (Lipinski definition) is 4. The SMILES string of the molecule is CC1CN(C(=O)[C@H](C)N)CCS1(=O)=O.Cl. The average Bonchev–Trinajstić information content (AvgIpc) is 2.08. The van der Waals surface area contributed by atoms with Crippen LogP contribution in [0.1, 0.15) is 13.8 Å². The first-order valence-corrected chi connectivity index (χ1v) is 6.32. The number of amides is 1. The lowest BCUT2D eigenvalue weighted by Gasteiger charge is -2.31. The lowest BCUT2D eigenvalue weighted by molar-refractivity contribution is -0.132. The summed E-state index contributed by atoms with van der Waals surface area (Å²) in [6.45, 7) is 3.77. The Morgan fingerprint density at radius 1 is 1.53 bits per heavy atom. The van der Waals surface area contributed by atoms with E-state index in [1.165, 1.54) is 4.90 Å². The van der Waals surface area contributed by atoms with Crippen molar-refractivity contribution < 1.29 is 13.2 Å². The number of sulfone groups is 1. The van der Waals surface area contributed by atoms with E-state index >= 15 is 0 Å². The van der Waals surface area contributed by atoms with E-state index in [-0.39, 0.29) is 37.2 Å². The number of nitrogens with zero attached hydrogens (tertiary/aromatic N) is 1. The van der Waals surface area contributed by atoms with Crippen LogP contribution in [0.15, 0.2) is 0 Å². The maximum atomic E-state index is 11.5. The van der Waals surface area contributed by atoms with Crippen LogP contribution >= 0.6 is 12.4 Å². The smallest absolute Gasteiger partial charge is 0.239 e. The van der Waals surface area contributed by atoms with Gasteiger partial charge >= 0.3 is 0 Å². The van der Waals surface area contributed by atoms with Crippen LogP contribution in [0.2, 0.25) is 0 Å². The Hall–Kier alpha value is -0.330. The summed E-state index contributed by atoms with van der Waals surface area (Å²) in [6, 6.07) is -0.553. The summed E-state index contributed by atoms with van der Waals surface area (Å²) >= 11 is 0. The second kappa shape index (κ2) is 5.14. The van der Waals surface area contributed by atoms with Gasteiger partial charge in [0.2, 0.25) is 5.91 Å². The standard InChI is InChI=1S/C8H16N2O3S.ClH/c1-6-5-10(8(11)7(2)9)3-4-14(6,12)13;/h6-7H,3-5,9H2,1-2H3;1H/t6?,7-;/m0./s1. The topological polar surface area (TPSA) is 80.5 Å². The van der Waals surface area contributed by atoms with E-state index in [2.05, 4.69) is 0 Å². The van der Waals surface area contributed by atoms with Gasteiger partial charge < -0.3 is 10.6 Å². The third-order valence-electron chi connectivity index (χ3n) is 2.44. The van der Waals surface area contributed by atoms with Crippen molar-refractivity contribution in [3.8, 4) is 0 Å². The van der Waals surface area contributed by atoms with Crippen LogP contribution in [-0.4, -0.2) is 49.4 Å². The molecule has 0 aromatic carbocycles. The first-order valence-electron chi connectivity index (χ1n) is 4.60. The third kappa shape index (κ3) is 3.32. The lowest BCUT2D eigenvalue weighted by Crippen LogP contribution is -2.52. The van der Waals surface area contributed by atoms with Gasteiger partial charge in [-0.2, -0.15) is 0 Å². The molecule has 1 fully saturated rings. The summed E-state index contributed by atoms with van der Waals surface area (Å²) in [5.41, 5.74) is 5.44. The van der Waals surface area contributed by atoms with Gasteiger partial charge in [-0.15, -0.1) is 12.4 Å². The zero-order chi connectivity index (χ0) is 10.9. The zero-order valence-electron chi connectivity index (χ0n) is 8.84. The molecule has 1 rings (SSSR count). The van der Waals surface area contributed by atoms with Crippen LogP contribution in [0.25, 0.3) is 0 Å². The van der Waals surface area contributed by atoms with Crippen molar-refractivity contribution in [2.45, 2.75) is 25.1 Å². The summed E-state index contributed by atoms with van der Waals surface area (Å²) in [6.07, 6.45) is 0. The minimum absolute atomic E-state index is 0. The zero-order valence-corrected chi connectivity index (χ0v) is 10.5. The minimum Gasteiger partial charge on any atom is -0.339 e. The van der Waals surface area contributed by atoms with Gasteiger partial charge in [-0.1, -0.05) is 0 Å². The molecule has 1 heterocycles. The lowest BCUT2D eigenvalue weighted by atomic mass is 10.3. The number of hydrogen-bond donors (Lipinski definition) is 1. The van der Waals surface area contributed by atoms with Gasteiger partial charge in [0.05, 0.1) is 17.0 Å². The maximum absolute atomic E-state index is 11.5. The molecule has 90 valence electrons. The molecule has 1 saturated heterocycles. The summed E-state index contributed by atoms with van der Waals surface area (Å²) < 4.78 is 22.7. The van der Waals surface area contributed by atoms with Crippen molar-refractivity contribution in [1.29, 1.82) is 0 Å². The summed E-state index contributed by atoms with van der Waals surface area (Å²) in [7, 11) is -2.99. The monoisotopic (exact) mass is 256 g/mol. The number of carbonyl (C=O) groups is 1. The fraction of sp³-hybridized carbons (Fsp3) is 0.875. The molecule has 1 aliphatic rings. The van der Waals surface area contributed by atoms with E-state index < -0.39 is 21.1 Å². The van der Waals surface area contributed by atoms with Crippen molar-refractivity contribution in [2.75, 3.05) is 18.8 Å². The Morgan fingerprint density at radius 3 is 2.47 bits per heavy atom. The number of carbonyl (C=O) groups excluding carboxylic acids is 1. The first-order chi connectivity index (χ1) is 6.34. The molecule has 0 aromatic rings. The largest absolute Gasteiger partial charge is 0.339 e. The van der Waals surface area contributed by atoms with Crippen LogP contribution in [-0.2, 0) is 14.6 Å². The average molecular weight is 257 g/mol. The summed E-state index contributed by atoms with van der Waals surface area (Å²) in [5.74, 6) is -0.126. The van der Waals surface area contributed by atoms with Crippen LogP contribution < -0.4 is 5.73 Å². The van der Waals surface area contributed by atoms with Crippen molar-refractivity contribution in [2.24, 2.45) is 5.73 Å². The summed E-state index contributed by atoms with van der Waals surface area (Å²) in [5, 5.41) is -0.473. The van der Waals surface area contributed by atoms with E-state index in [4.69, 9.17) is 5.73 Å². The van der Waals surface area contributed by atoms with Gasteiger partial charge in [0, 0.05) is 13.1 Å². The Bertz CT molecular complexity index is 329. The van der Waals surface area contributed by atoms with Gasteiger partial charge in [0.25, 0.3) is 0 Å². The van der Waals surface area contributed by atoms with E-state index in [1.54, 1.807) is 13.8 Å². The molecule has 1 unspecified atom stereocenters. The molecule has 0 radical (unpaired) electrons. The van der Waals surface area contributed by atoms with Crippen molar-refractivity contribution in [3.05, 3.63) is 0 Å². The van der Waals surface area contributed by atoms with Gasteiger partial charge in [0.15, 0.2) is 9.84 Å². The number of halogens is 1. The van der Waals surface area contributed by atoms with Crippen LogP contribution in [0.4, 0.5) is 0 Å². The van der Waals surface area contributed by atoms with Crippen LogP contribution in [0, 0.1) is 0 Å². The minimum atomic E-state index is -2.99. The van der Waals surface area contributed by atoms with Gasteiger partial charge in [-0.3, -0.25) is 4.79 Å². The molecule has 1 aliphatic heterocycles. The van der Waals surface area contributed by atoms with Crippen LogP contribution in [0.5, 0.6) is 0 Å². The number of rotatable bonds is 1. The molecule has 0 spiro atoms. The van der Waals surface area contributed by atoms with Crippen molar-refractivity contribution >= 4 is 28.2 Å². The molecular weight excluding hydrogens is 240 g/mol. The van der Waals surface area contributed by atoms with E-state index in [0.717, 1.165) is 0 Å². The second-order valence-corrected chi connectivity index (χ2v) is 6.29. The molecule has 1 amide bonds. The number of nitrogens with two attached hydrogens (primary N) is 1. The highest BCUT2D eigenvalue weighted by Crippen LogP contribution is 2.12. The Labute approximate surface area is 96.3 Å². The Kier molecular flexibility index (Phi) is 5.02. The predicted octanol–water partition coefficient (Wildman–Crippen LogP) is -0.599. The Balaban J connectivity index is 0.00000196. The third-order valence-corrected chi connectivity index (χ3v) is 4.56. The van der Waals surface area contributed by atoms with Crippen molar-refractivity contribution in [1.82, 2.24) is 4.90 Å². The molecule has 0 bridgehead atoms. The highest BCUT2D eigenvalue weighted by atomic mass is 35.5. The molecule has 5 nitrogen and oxygen atoms in total. The molecule has 0 aromatic heterocycles. The van der Waals surface area contributed by atoms with Crippen LogP contribution in [0.3, 0.4) is 0 Å². The van der Waals surface area contributed by atoms with Gasteiger partial charge in [-0.05, 0) is 13.8 Å². The van der Waals surface area contributed by atoms with E-state index in [1.807, 2.05) is 0 Å². The fourth-order valence-electron chi connectivity index (χ4n) is 1.44. The van der Waals surface area contributed by atoms with E-state index in [9.17, 15) is 13.2 Å². The Morgan fingerprint density at radius 2 is 2.07 bits per heavy atom. The van der Waals surface area contributed by atoms with Gasteiger partial charge in [0.1, 0.15) is 0 Å². The maximum Gasteiger partial charge on any atom is 0.239 e.